The lowest BCUT2D eigenvalue weighted by molar-refractivity contribution is -0.120. The van der Waals surface area contributed by atoms with E-state index in [0.717, 1.165) is 42.1 Å². The molecule has 4 unspecified atom stereocenters. The summed E-state index contributed by atoms with van der Waals surface area (Å²) in [4.78, 5) is 15.5. The summed E-state index contributed by atoms with van der Waals surface area (Å²) in [5, 5.41) is 13.4. The molecular formula is C27H39N5OS. The normalized spacial score (nSPS) is 29.3. The molecule has 184 valence electrons. The predicted molar refractivity (Wildman–Crippen MR) is 137 cm³/mol. The first-order chi connectivity index (χ1) is 16.3. The number of carbonyl (C=O) groups excluding carboxylic acids is 1. The first kappa shape index (κ1) is 23.9. The van der Waals surface area contributed by atoms with Crippen LogP contribution in [0.1, 0.15) is 78.1 Å². The van der Waals surface area contributed by atoms with Gasteiger partial charge >= 0.3 is 0 Å². The third-order valence-corrected chi connectivity index (χ3v) is 10.4. The smallest absolute Gasteiger partial charge is 0.230 e. The average molecular weight is 482 g/mol. The number of benzene rings is 1. The van der Waals surface area contributed by atoms with Gasteiger partial charge in [-0.15, -0.1) is 10.2 Å². The molecule has 2 saturated carbocycles. The number of hydrogen-bond acceptors (Lipinski definition) is 5. The van der Waals surface area contributed by atoms with Crippen LogP contribution in [0.2, 0.25) is 0 Å². The summed E-state index contributed by atoms with van der Waals surface area (Å²) in [5.41, 5.74) is 1.54. The molecule has 2 bridgehead atoms. The molecule has 6 nitrogen and oxygen atoms in total. The number of hydrogen-bond donors (Lipinski definition) is 1. The molecule has 2 aliphatic carbocycles. The van der Waals surface area contributed by atoms with Crippen molar-refractivity contribution in [1.29, 1.82) is 0 Å². The van der Waals surface area contributed by atoms with E-state index in [1.54, 1.807) is 0 Å². The third kappa shape index (κ3) is 4.09. The Morgan fingerprint density at radius 3 is 2.53 bits per heavy atom. The number of rotatable bonds is 7. The quantitative estimate of drug-likeness (QED) is 0.548. The van der Waals surface area contributed by atoms with Crippen molar-refractivity contribution in [3.63, 3.8) is 0 Å². The Labute approximate surface area is 208 Å². The monoisotopic (exact) mass is 481 g/mol. The van der Waals surface area contributed by atoms with E-state index in [1.807, 2.05) is 18.2 Å². The van der Waals surface area contributed by atoms with Crippen LogP contribution in [0.5, 0.6) is 0 Å². The van der Waals surface area contributed by atoms with Crippen LogP contribution >= 0.6 is 11.8 Å². The van der Waals surface area contributed by atoms with E-state index >= 15 is 0 Å². The van der Waals surface area contributed by atoms with E-state index in [1.165, 1.54) is 43.9 Å². The summed E-state index contributed by atoms with van der Waals surface area (Å²) in [6.45, 7) is 11.6. The Bertz CT molecular complexity index is 1020. The van der Waals surface area contributed by atoms with E-state index in [9.17, 15) is 4.79 Å². The SMILES string of the molecule is CC(c1nnc(SCC(=O)NC2CC3CCC2(C)C3(C)C)n1-c1ccccc1)N1CCCCC1. The fourth-order valence-corrected chi connectivity index (χ4v) is 7.49. The Hall–Kier alpha value is -1.86. The molecule has 4 atom stereocenters. The van der Waals surface area contributed by atoms with Crippen molar-refractivity contribution < 1.29 is 4.79 Å². The number of piperidine rings is 1. The lowest BCUT2D eigenvalue weighted by Crippen LogP contribution is -2.47. The molecule has 1 aromatic carbocycles. The van der Waals surface area contributed by atoms with Crippen LogP contribution in [-0.4, -0.2) is 50.5 Å². The van der Waals surface area contributed by atoms with Crippen LogP contribution < -0.4 is 5.32 Å². The number of likely N-dealkylation sites (tertiary alicyclic amines) is 1. The summed E-state index contributed by atoms with van der Waals surface area (Å²) in [6, 6.07) is 10.8. The van der Waals surface area contributed by atoms with Gasteiger partial charge in [-0.1, -0.05) is 57.2 Å². The van der Waals surface area contributed by atoms with Crippen molar-refractivity contribution in [2.45, 2.75) is 83.5 Å². The van der Waals surface area contributed by atoms with Crippen molar-refractivity contribution in [2.24, 2.45) is 16.7 Å². The minimum atomic E-state index is 0.104. The molecule has 1 N–H and O–H groups in total. The van der Waals surface area contributed by atoms with Gasteiger partial charge in [0.2, 0.25) is 5.91 Å². The van der Waals surface area contributed by atoms with E-state index in [0.29, 0.717) is 11.2 Å². The molecule has 5 rings (SSSR count). The molecule has 2 heterocycles. The number of fused-ring (bicyclic) bond motifs is 2. The molecule has 1 aliphatic heterocycles. The molecule has 0 radical (unpaired) electrons. The molecule has 34 heavy (non-hydrogen) atoms. The highest BCUT2D eigenvalue weighted by Crippen LogP contribution is 2.65. The summed E-state index contributed by atoms with van der Waals surface area (Å²) < 4.78 is 2.15. The third-order valence-electron chi connectivity index (χ3n) is 9.45. The average Bonchev–Trinajstić information content (AvgIpc) is 3.43. The predicted octanol–water partition coefficient (Wildman–Crippen LogP) is 5.24. The lowest BCUT2D eigenvalue weighted by atomic mass is 9.69. The Kier molecular flexibility index (Phi) is 6.53. The standard InChI is InChI=1S/C27H39N5OS/c1-19(31-15-9-6-10-16-31)24-29-30-25(32(24)21-11-7-5-8-12-21)34-18-23(33)28-22-17-20-13-14-27(22,4)26(20,2)3/h5,7-8,11-12,19-20,22H,6,9-10,13-18H2,1-4H3,(H,28,33). The summed E-state index contributed by atoms with van der Waals surface area (Å²) >= 11 is 1.50. The molecular weight excluding hydrogens is 442 g/mol. The Morgan fingerprint density at radius 2 is 1.88 bits per heavy atom. The molecule has 1 amide bonds. The maximum absolute atomic E-state index is 13.0. The van der Waals surface area contributed by atoms with Gasteiger partial charge in [0.1, 0.15) is 0 Å². The first-order valence-electron chi connectivity index (χ1n) is 13.0. The second kappa shape index (κ2) is 9.30. The number of aromatic nitrogens is 3. The summed E-state index contributed by atoms with van der Waals surface area (Å²) in [5.74, 6) is 2.14. The maximum atomic E-state index is 13.0. The topological polar surface area (TPSA) is 63.1 Å². The van der Waals surface area contributed by atoms with Gasteiger partial charge in [-0.2, -0.15) is 0 Å². The number of nitrogens with zero attached hydrogens (tertiary/aromatic N) is 4. The number of para-hydroxylation sites is 1. The van der Waals surface area contributed by atoms with Crippen LogP contribution in [0.4, 0.5) is 0 Å². The fraction of sp³-hybridized carbons (Fsp3) is 0.667. The highest BCUT2D eigenvalue weighted by molar-refractivity contribution is 7.99. The second-order valence-electron chi connectivity index (χ2n) is 11.3. The highest BCUT2D eigenvalue weighted by Gasteiger charge is 2.61. The van der Waals surface area contributed by atoms with Gasteiger partial charge in [-0.05, 0) is 81.0 Å². The lowest BCUT2D eigenvalue weighted by Gasteiger charge is -2.39. The zero-order chi connectivity index (χ0) is 23.9. The fourth-order valence-electron chi connectivity index (χ4n) is 6.72. The molecule has 3 fully saturated rings. The van der Waals surface area contributed by atoms with E-state index in [-0.39, 0.29) is 23.4 Å². The minimum Gasteiger partial charge on any atom is -0.352 e. The summed E-state index contributed by atoms with van der Waals surface area (Å²) in [6.07, 6.45) is 7.40. The van der Waals surface area contributed by atoms with Crippen LogP contribution in [0.15, 0.2) is 35.5 Å². The minimum absolute atomic E-state index is 0.104. The van der Waals surface area contributed by atoms with Gasteiger partial charge in [0.25, 0.3) is 0 Å². The van der Waals surface area contributed by atoms with Crippen LogP contribution in [0.3, 0.4) is 0 Å². The molecule has 2 aromatic rings. The Morgan fingerprint density at radius 1 is 1.15 bits per heavy atom. The molecule has 1 saturated heterocycles. The van der Waals surface area contributed by atoms with Crippen molar-refractivity contribution in [2.75, 3.05) is 18.8 Å². The Balaban J connectivity index is 1.31. The number of thioether (sulfide) groups is 1. The van der Waals surface area contributed by atoms with Crippen molar-refractivity contribution in [3.05, 3.63) is 36.2 Å². The zero-order valence-electron chi connectivity index (χ0n) is 21.1. The highest BCUT2D eigenvalue weighted by atomic mass is 32.2. The summed E-state index contributed by atoms with van der Waals surface area (Å²) in [7, 11) is 0. The largest absolute Gasteiger partial charge is 0.352 e. The number of carbonyl (C=O) groups is 1. The number of amides is 1. The van der Waals surface area contributed by atoms with Crippen LogP contribution in [-0.2, 0) is 4.79 Å². The van der Waals surface area contributed by atoms with Gasteiger partial charge in [0, 0.05) is 11.7 Å². The molecule has 3 aliphatic rings. The van der Waals surface area contributed by atoms with Crippen molar-refractivity contribution >= 4 is 17.7 Å². The van der Waals surface area contributed by atoms with Crippen LogP contribution in [0, 0.1) is 16.7 Å². The van der Waals surface area contributed by atoms with E-state index in [2.05, 4.69) is 64.8 Å². The molecule has 1 aromatic heterocycles. The first-order valence-corrected chi connectivity index (χ1v) is 14.0. The second-order valence-corrected chi connectivity index (χ2v) is 12.2. The van der Waals surface area contributed by atoms with Crippen molar-refractivity contribution in [3.8, 4) is 5.69 Å². The van der Waals surface area contributed by atoms with Gasteiger partial charge in [-0.25, -0.2) is 0 Å². The zero-order valence-corrected chi connectivity index (χ0v) is 21.9. The van der Waals surface area contributed by atoms with E-state index in [4.69, 9.17) is 0 Å². The molecule has 7 heteroatoms. The van der Waals surface area contributed by atoms with Gasteiger partial charge in [-0.3, -0.25) is 14.3 Å². The van der Waals surface area contributed by atoms with Crippen molar-refractivity contribution in [1.82, 2.24) is 25.0 Å². The number of nitrogens with one attached hydrogen (secondary N) is 1. The maximum Gasteiger partial charge on any atom is 0.230 e. The van der Waals surface area contributed by atoms with Gasteiger partial charge in [0.05, 0.1) is 11.8 Å². The van der Waals surface area contributed by atoms with E-state index < -0.39 is 0 Å². The van der Waals surface area contributed by atoms with Gasteiger partial charge < -0.3 is 5.32 Å². The van der Waals surface area contributed by atoms with Gasteiger partial charge in [0.15, 0.2) is 11.0 Å². The van der Waals surface area contributed by atoms with Crippen LogP contribution in [0.25, 0.3) is 5.69 Å². The molecule has 0 spiro atoms.